The molecule has 1 saturated heterocycles. The van der Waals surface area contributed by atoms with Gasteiger partial charge in [0.15, 0.2) is 0 Å². The minimum absolute atomic E-state index is 0.274. The topological polar surface area (TPSA) is 23.6 Å². The second-order valence-electron chi connectivity index (χ2n) is 5.66. The molecule has 0 aromatic heterocycles. The normalized spacial score (nSPS) is 16.6. The Labute approximate surface area is 118 Å². The van der Waals surface area contributed by atoms with Gasteiger partial charge in [0, 0.05) is 37.9 Å². The number of carbonyl (C=O) groups excluding carboxylic acids is 1. The maximum atomic E-state index is 12.0. The molecule has 0 unspecified atom stereocenters. The molecular weight excluding hydrogens is 236 g/mol. The summed E-state index contributed by atoms with van der Waals surface area (Å²) < 4.78 is 0. The Morgan fingerprint density at radius 3 is 2.53 bits per heavy atom. The molecule has 0 radical (unpaired) electrons. The zero-order chi connectivity index (χ0) is 14.3. The average Bonchev–Trinajstić information content (AvgIpc) is 2.42. The van der Waals surface area contributed by atoms with Crippen LogP contribution in [0.3, 0.4) is 0 Å². The fourth-order valence-electron chi connectivity index (χ4n) is 2.42. The van der Waals surface area contributed by atoms with Gasteiger partial charge in [-0.3, -0.25) is 4.79 Å². The van der Waals surface area contributed by atoms with Gasteiger partial charge in [-0.25, -0.2) is 0 Å². The lowest BCUT2D eigenvalue weighted by Crippen LogP contribution is -2.45. The molecule has 0 aromatic carbocycles. The van der Waals surface area contributed by atoms with Crippen LogP contribution in [0.4, 0.5) is 0 Å². The summed E-state index contributed by atoms with van der Waals surface area (Å²) in [6.07, 6.45) is 3.49. The van der Waals surface area contributed by atoms with Crippen molar-refractivity contribution < 1.29 is 4.79 Å². The van der Waals surface area contributed by atoms with Gasteiger partial charge in [-0.2, -0.15) is 0 Å². The van der Waals surface area contributed by atoms with Crippen LogP contribution in [0.2, 0.25) is 0 Å². The van der Waals surface area contributed by atoms with Gasteiger partial charge in [0.2, 0.25) is 5.91 Å². The molecule has 1 aliphatic rings. The van der Waals surface area contributed by atoms with E-state index in [-0.39, 0.29) is 5.91 Å². The first-order valence-corrected chi connectivity index (χ1v) is 7.51. The van der Waals surface area contributed by atoms with Gasteiger partial charge < -0.3 is 9.80 Å². The number of rotatable bonds is 4. The van der Waals surface area contributed by atoms with Crippen LogP contribution < -0.4 is 0 Å². The zero-order valence-corrected chi connectivity index (χ0v) is 12.9. The van der Waals surface area contributed by atoms with E-state index in [1.165, 1.54) is 0 Å². The molecular formula is C16H28N2O. The highest BCUT2D eigenvalue weighted by atomic mass is 16.2. The number of hydrogen-bond acceptors (Lipinski definition) is 2. The van der Waals surface area contributed by atoms with Crippen molar-refractivity contribution in [1.82, 2.24) is 9.80 Å². The molecule has 0 atom stereocenters. The van der Waals surface area contributed by atoms with E-state index in [0.717, 1.165) is 32.5 Å². The molecule has 1 rings (SSSR count). The Kier molecular flexibility index (Phi) is 6.94. The second-order valence-corrected chi connectivity index (χ2v) is 5.66. The summed E-state index contributed by atoms with van der Waals surface area (Å²) in [5.41, 5.74) is 0. The van der Waals surface area contributed by atoms with Crippen molar-refractivity contribution in [3.05, 3.63) is 0 Å². The lowest BCUT2D eigenvalue weighted by atomic mass is 10.0. The minimum atomic E-state index is 0.274. The molecule has 0 spiro atoms. The average molecular weight is 264 g/mol. The number of hydrogen-bond donors (Lipinski definition) is 0. The highest BCUT2D eigenvalue weighted by Gasteiger charge is 2.23. The number of carbonyl (C=O) groups is 1. The van der Waals surface area contributed by atoms with Gasteiger partial charge in [-0.05, 0) is 26.4 Å². The number of likely N-dealkylation sites (tertiary alicyclic amines) is 1. The molecule has 3 heteroatoms. The van der Waals surface area contributed by atoms with Crippen LogP contribution >= 0.6 is 0 Å². The van der Waals surface area contributed by atoms with E-state index in [1.807, 2.05) is 4.90 Å². The van der Waals surface area contributed by atoms with Crippen molar-refractivity contribution in [3.63, 3.8) is 0 Å². The van der Waals surface area contributed by atoms with Crippen molar-refractivity contribution in [3.8, 4) is 11.8 Å². The molecule has 1 fully saturated rings. The van der Waals surface area contributed by atoms with Gasteiger partial charge in [0.1, 0.15) is 0 Å². The largest absolute Gasteiger partial charge is 0.343 e. The minimum Gasteiger partial charge on any atom is -0.343 e. The van der Waals surface area contributed by atoms with Crippen molar-refractivity contribution >= 4 is 5.91 Å². The first-order chi connectivity index (χ1) is 9.04. The van der Waals surface area contributed by atoms with Crippen LogP contribution in [0, 0.1) is 17.8 Å². The Hall–Kier alpha value is -1.01. The molecule has 0 aromatic rings. The summed E-state index contributed by atoms with van der Waals surface area (Å²) in [4.78, 5) is 16.4. The number of piperidine rings is 1. The zero-order valence-electron chi connectivity index (χ0n) is 12.9. The first-order valence-electron chi connectivity index (χ1n) is 7.51. The maximum absolute atomic E-state index is 12.0. The number of amides is 1. The van der Waals surface area contributed by atoms with E-state index in [1.54, 1.807) is 0 Å². The van der Waals surface area contributed by atoms with Crippen LogP contribution in [0.5, 0.6) is 0 Å². The third kappa shape index (κ3) is 5.65. The highest BCUT2D eigenvalue weighted by molar-refractivity contribution is 5.76. The Morgan fingerprint density at radius 2 is 2.00 bits per heavy atom. The molecule has 19 heavy (non-hydrogen) atoms. The molecule has 0 bridgehead atoms. The molecule has 0 aliphatic carbocycles. The summed E-state index contributed by atoms with van der Waals surface area (Å²) >= 11 is 0. The van der Waals surface area contributed by atoms with Crippen molar-refractivity contribution in [1.29, 1.82) is 0 Å². The smallest absolute Gasteiger partial charge is 0.223 e. The van der Waals surface area contributed by atoms with Crippen LogP contribution in [-0.2, 0) is 4.79 Å². The fraction of sp³-hybridized carbons (Fsp3) is 0.812. The van der Waals surface area contributed by atoms with Crippen LogP contribution in [0.15, 0.2) is 0 Å². The van der Waals surface area contributed by atoms with Crippen molar-refractivity contribution in [2.45, 2.75) is 52.5 Å². The summed E-state index contributed by atoms with van der Waals surface area (Å²) in [6, 6.07) is 0.648. The fourth-order valence-corrected chi connectivity index (χ4v) is 2.42. The molecule has 1 heterocycles. The molecule has 0 N–H and O–H groups in total. The highest BCUT2D eigenvalue weighted by Crippen LogP contribution is 2.16. The lowest BCUT2D eigenvalue weighted by Gasteiger charge is -2.36. The summed E-state index contributed by atoms with van der Waals surface area (Å²) in [5, 5.41) is 0. The summed E-state index contributed by atoms with van der Waals surface area (Å²) in [5.74, 6) is 6.86. The van der Waals surface area contributed by atoms with E-state index < -0.39 is 0 Å². The van der Waals surface area contributed by atoms with Crippen LogP contribution in [0.25, 0.3) is 0 Å². The first kappa shape index (κ1) is 16.0. The lowest BCUT2D eigenvalue weighted by molar-refractivity contribution is -0.132. The van der Waals surface area contributed by atoms with Crippen molar-refractivity contribution in [2.24, 2.45) is 5.92 Å². The Morgan fingerprint density at radius 1 is 1.37 bits per heavy atom. The summed E-state index contributed by atoms with van der Waals surface area (Å²) in [7, 11) is 2.17. The quantitative estimate of drug-likeness (QED) is 0.728. The van der Waals surface area contributed by atoms with E-state index >= 15 is 0 Å². The molecule has 1 aliphatic heterocycles. The van der Waals surface area contributed by atoms with E-state index in [4.69, 9.17) is 0 Å². The second kappa shape index (κ2) is 8.22. The number of nitrogens with zero attached hydrogens (tertiary/aromatic N) is 2. The molecule has 3 nitrogen and oxygen atoms in total. The standard InChI is InChI=1S/C16H28N2O/c1-5-17(4)15-10-12-18(13-11-15)16(19)9-7-6-8-14(2)3/h14-15H,5,7,9-13H2,1-4H3. The molecule has 0 saturated carbocycles. The van der Waals surface area contributed by atoms with Crippen molar-refractivity contribution in [2.75, 3.05) is 26.7 Å². The van der Waals surface area contributed by atoms with E-state index in [0.29, 0.717) is 24.8 Å². The summed E-state index contributed by atoms with van der Waals surface area (Å²) in [6.45, 7) is 9.23. The van der Waals surface area contributed by atoms with Gasteiger partial charge in [0.25, 0.3) is 0 Å². The van der Waals surface area contributed by atoms with Crippen LogP contribution in [-0.4, -0.2) is 48.4 Å². The van der Waals surface area contributed by atoms with Crippen LogP contribution in [0.1, 0.15) is 46.5 Å². The van der Waals surface area contributed by atoms with E-state index in [9.17, 15) is 4.79 Å². The third-order valence-electron chi connectivity index (χ3n) is 3.79. The SMILES string of the molecule is CCN(C)C1CCN(C(=O)CCC#CC(C)C)CC1. The van der Waals surface area contributed by atoms with Gasteiger partial charge in [-0.1, -0.05) is 20.8 Å². The third-order valence-corrected chi connectivity index (χ3v) is 3.79. The predicted molar refractivity (Wildman–Crippen MR) is 79.8 cm³/mol. The van der Waals surface area contributed by atoms with Gasteiger partial charge in [-0.15, -0.1) is 11.8 Å². The maximum Gasteiger partial charge on any atom is 0.223 e. The molecule has 108 valence electrons. The Balaban J connectivity index is 2.28. The monoisotopic (exact) mass is 264 g/mol. The predicted octanol–water partition coefficient (Wildman–Crippen LogP) is 2.37. The molecule has 1 amide bonds. The Bertz CT molecular complexity index is 332. The van der Waals surface area contributed by atoms with E-state index in [2.05, 4.69) is 44.6 Å². The van der Waals surface area contributed by atoms with Gasteiger partial charge >= 0.3 is 0 Å². The van der Waals surface area contributed by atoms with Gasteiger partial charge in [0.05, 0.1) is 0 Å².